The standard InChI is InChI=1S/C12H23N5O2S/c13-4-1-2-5-16-6-3-7-17(9-8-16)20(18,19)12-10-14-11-15-12/h10-11H,1-9,13H2,(H,14,15). The molecule has 0 saturated carbocycles. The van der Waals surface area contributed by atoms with Crippen LogP contribution in [0.25, 0.3) is 0 Å². The lowest BCUT2D eigenvalue weighted by Crippen LogP contribution is -2.35. The fourth-order valence-corrected chi connectivity index (χ4v) is 3.78. The minimum absolute atomic E-state index is 0.175. The maximum absolute atomic E-state index is 12.4. The molecule has 7 nitrogen and oxygen atoms in total. The van der Waals surface area contributed by atoms with E-state index in [1.807, 2.05) is 0 Å². The molecule has 1 fully saturated rings. The van der Waals surface area contributed by atoms with E-state index < -0.39 is 10.0 Å². The molecule has 2 heterocycles. The van der Waals surface area contributed by atoms with Gasteiger partial charge in [-0.2, -0.15) is 4.31 Å². The maximum Gasteiger partial charge on any atom is 0.260 e. The number of H-pyrrole nitrogens is 1. The third kappa shape index (κ3) is 3.78. The number of nitrogens with zero attached hydrogens (tertiary/aromatic N) is 3. The molecule has 1 aromatic rings. The highest BCUT2D eigenvalue weighted by molar-refractivity contribution is 7.89. The highest BCUT2D eigenvalue weighted by Gasteiger charge is 2.27. The van der Waals surface area contributed by atoms with Crippen LogP contribution in [-0.2, 0) is 10.0 Å². The Balaban J connectivity index is 1.93. The van der Waals surface area contributed by atoms with E-state index in [4.69, 9.17) is 5.73 Å². The van der Waals surface area contributed by atoms with E-state index in [2.05, 4.69) is 14.9 Å². The number of hydrogen-bond donors (Lipinski definition) is 2. The summed E-state index contributed by atoms with van der Waals surface area (Å²) in [4.78, 5) is 8.79. The Morgan fingerprint density at radius 2 is 2.10 bits per heavy atom. The number of aromatic nitrogens is 2. The number of imidazole rings is 1. The molecular weight excluding hydrogens is 278 g/mol. The summed E-state index contributed by atoms with van der Waals surface area (Å²) in [5.41, 5.74) is 5.49. The lowest BCUT2D eigenvalue weighted by molar-refractivity contribution is 0.281. The molecule has 1 aromatic heterocycles. The molecule has 1 aliphatic heterocycles. The van der Waals surface area contributed by atoms with Gasteiger partial charge in [-0.05, 0) is 38.9 Å². The van der Waals surface area contributed by atoms with E-state index in [0.717, 1.165) is 38.9 Å². The van der Waals surface area contributed by atoms with E-state index >= 15 is 0 Å². The van der Waals surface area contributed by atoms with Gasteiger partial charge in [0.2, 0.25) is 0 Å². The molecule has 0 aromatic carbocycles. The monoisotopic (exact) mass is 301 g/mol. The van der Waals surface area contributed by atoms with Crippen molar-refractivity contribution in [3.63, 3.8) is 0 Å². The van der Waals surface area contributed by atoms with E-state index in [1.165, 1.54) is 12.5 Å². The molecule has 0 unspecified atom stereocenters. The molecule has 20 heavy (non-hydrogen) atoms. The minimum atomic E-state index is -3.42. The second-order valence-corrected chi connectivity index (χ2v) is 6.92. The first kappa shape index (κ1) is 15.4. The van der Waals surface area contributed by atoms with Crippen LogP contribution in [0.15, 0.2) is 17.6 Å². The molecule has 0 amide bonds. The smallest absolute Gasteiger partial charge is 0.260 e. The molecule has 0 radical (unpaired) electrons. The molecule has 114 valence electrons. The summed E-state index contributed by atoms with van der Waals surface area (Å²) in [6.07, 6.45) is 5.70. The molecule has 0 bridgehead atoms. The van der Waals surface area contributed by atoms with Gasteiger partial charge in [-0.3, -0.25) is 0 Å². The fourth-order valence-electron chi connectivity index (χ4n) is 2.41. The third-order valence-electron chi connectivity index (χ3n) is 3.57. The van der Waals surface area contributed by atoms with Gasteiger partial charge in [-0.15, -0.1) is 0 Å². The summed E-state index contributed by atoms with van der Waals surface area (Å²) in [5.74, 6) is 0. The van der Waals surface area contributed by atoms with Gasteiger partial charge in [0.15, 0.2) is 5.03 Å². The summed E-state index contributed by atoms with van der Waals surface area (Å²) in [7, 11) is -3.42. The van der Waals surface area contributed by atoms with Crippen LogP contribution in [0.1, 0.15) is 19.3 Å². The normalized spacial score (nSPS) is 19.1. The van der Waals surface area contributed by atoms with Gasteiger partial charge in [-0.1, -0.05) is 0 Å². The van der Waals surface area contributed by atoms with Crippen molar-refractivity contribution in [1.82, 2.24) is 19.2 Å². The zero-order valence-corrected chi connectivity index (χ0v) is 12.5. The highest BCUT2D eigenvalue weighted by Crippen LogP contribution is 2.15. The Morgan fingerprint density at radius 1 is 1.25 bits per heavy atom. The third-order valence-corrected chi connectivity index (χ3v) is 5.39. The molecule has 3 N–H and O–H groups in total. The van der Waals surface area contributed by atoms with Crippen LogP contribution in [0.5, 0.6) is 0 Å². The Morgan fingerprint density at radius 3 is 2.80 bits per heavy atom. The van der Waals surface area contributed by atoms with Gasteiger partial charge in [0.1, 0.15) is 0 Å². The largest absolute Gasteiger partial charge is 0.335 e. The summed E-state index contributed by atoms with van der Waals surface area (Å²) in [5, 5.41) is 0.175. The molecular formula is C12H23N5O2S. The summed E-state index contributed by atoms with van der Waals surface area (Å²) < 4.78 is 26.3. The molecule has 0 spiro atoms. The number of sulfonamides is 1. The van der Waals surface area contributed by atoms with Crippen LogP contribution in [0.2, 0.25) is 0 Å². The second kappa shape index (κ2) is 7.16. The van der Waals surface area contributed by atoms with Crippen LogP contribution in [0.3, 0.4) is 0 Å². The molecule has 0 atom stereocenters. The molecule has 1 saturated heterocycles. The first-order valence-corrected chi connectivity index (χ1v) is 8.49. The topological polar surface area (TPSA) is 95.3 Å². The van der Waals surface area contributed by atoms with Crippen molar-refractivity contribution in [3.05, 3.63) is 12.5 Å². The molecule has 0 aliphatic carbocycles. The van der Waals surface area contributed by atoms with Crippen LogP contribution in [-0.4, -0.2) is 66.9 Å². The Labute approximate surface area is 120 Å². The van der Waals surface area contributed by atoms with Gasteiger partial charge in [0.25, 0.3) is 10.0 Å². The molecule has 8 heteroatoms. The first-order valence-electron chi connectivity index (χ1n) is 7.05. The zero-order chi connectivity index (χ0) is 14.4. The SMILES string of the molecule is NCCCCN1CCCN(S(=O)(=O)c2cnc[nH]2)CC1. The van der Waals surface area contributed by atoms with Crippen molar-refractivity contribution in [2.24, 2.45) is 5.73 Å². The van der Waals surface area contributed by atoms with E-state index in [1.54, 1.807) is 4.31 Å². The quantitative estimate of drug-likeness (QED) is 0.712. The fraction of sp³-hybridized carbons (Fsp3) is 0.750. The van der Waals surface area contributed by atoms with Crippen molar-refractivity contribution >= 4 is 10.0 Å². The Hall–Kier alpha value is -0.960. The van der Waals surface area contributed by atoms with E-state index in [0.29, 0.717) is 19.6 Å². The number of aromatic amines is 1. The van der Waals surface area contributed by atoms with Gasteiger partial charge in [0.05, 0.1) is 12.5 Å². The maximum atomic E-state index is 12.4. The van der Waals surface area contributed by atoms with Gasteiger partial charge in [-0.25, -0.2) is 13.4 Å². The van der Waals surface area contributed by atoms with Crippen molar-refractivity contribution in [2.45, 2.75) is 24.3 Å². The average molecular weight is 301 g/mol. The van der Waals surface area contributed by atoms with Crippen LogP contribution < -0.4 is 5.73 Å². The number of nitrogens with one attached hydrogen (secondary N) is 1. The average Bonchev–Trinajstić information content (AvgIpc) is 2.87. The molecule has 2 rings (SSSR count). The summed E-state index contributed by atoms with van der Waals surface area (Å²) >= 11 is 0. The van der Waals surface area contributed by atoms with E-state index in [9.17, 15) is 8.42 Å². The van der Waals surface area contributed by atoms with E-state index in [-0.39, 0.29) is 5.03 Å². The minimum Gasteiger partial charge on any atom is -0.335 e. The van der Waals surface area contributed by atoms with Crippen molar-refractivity contribution in [3.8, 4) is 0 Å². The summed E-state index contributed by atoms with van der Waals surface area (Å²) in [6, 6.07) is 0. The number of hydrogen-bond acceptors (Lipinski definition) is 5. The predicted octanol–water partition coefficient (Wildman–Crippen LogP) is -0.155. The zero-order valence-electron chi connectivity index (χ0n) is 11.7. The number of rotatable bonds is 6. The highest BCUT2D eigenvalue weighted by atomic mass is 32.2. The Bertz CT molecular complexity index is 488. The van der Waals surface area contributed by atoms with Crippen molar-refractivity contribution in [2.75, 3.05) is 39.3 Å². The predicted molar refractivity (Wildman–Crippen MR) is 76.7 cm³/mol. The van der Waals surface area contributed by atoms with Gasteiger partial charge in [0, 0.05) is 19.6 Å². The lowest BCUT2D eigenvalue weighted by atomic mass is 10.3. The van der Waals surface area contributed by atoms with Gasteiger partial charge < -0.3 is 15.6 Å². The molecule has 1 aliphatic rings. The van der Waals surface area contributed by atoms with Crippen molar-refractivity contribution < 1.29 is 8.42 Å². The first-order chi connectivity index (χ1) is 9.64. The second-order valence-electron chi connectivity index (χ2n) is 5.01. The number of nitrogens with two attached hydrogens (primary N) is 1. The number of unbranched alkanes of at least 4 members (excludes halogenated alkanes) is 1. The summed E-state index contributed by atoms with van der Waals surface area (Å²) in [6.45, 7) is 4.53. The van der Waals surface area contributed by atoms with Gasteiger partial charge >= 0.3 is 0 Å². The van der Waals surface area contributed by atoms with Crippen molar-refractivity contribution in [1.29, 1.82) is 0 Å². The van der Waals surface area contributed by atoms with Crippen LogP contribution >= 0.6 is 0 Å². The van der Waals surface area contributed by atoms with Crippen LogP contribution in [0.4, 0.5) is 0 Å². The van der Waals surface area contributed by atoms with Crippen LogP contribution in [0, 0.1) is 0 Å². The Kier molecular flexibility index (Phi) is 5.53. The lowest BCUT2D eigenvalue weighted by Gasteiger charge is -2.21.